The van der Waals surface area contributed by atoms with Gasteiger partial charge >= 0.3 is 5.13 Å². The number of rotatable bonds is 4. The van der Waals surface area contributed by atoms with Crippen LogP contribution in [0.2, 0.25) is 0 Å². The molecule has 5 aromatic rings. The van der Waals surface area contributed by atoms with Crippen molar-refractivity contribution in [2.45, 2.75) is 0 Å². The fraction of sp³-hybridized carbons (Fsp3) is 0.0417. The predicted octanol–water partition coefficient (Wildman–Crippen LogP) is 4.37. The van der Waals surface area contributed by atoms with Gasteiger partial charge in [-0.3, -0.25) is 0 Å². The van der Waals surface area contributed by atoms with Gasteiger partial charge in [-0.2, -0.15) is 0 Å². The third kappa shape index (κ3) is 4.06. The summed E-state index contributed by atoms with van der Waals surface area (Å²) in [5, 5.41) is 11.3. The van der Waals surface area contributed by atoms with E-state index in [1.807, 2.05) is 36.0 Å². The second-order valence-corrected chi connectivity index (χ2v) is 9.27. The van der Waals surface area contributed by atoms with Crippen LogP contribution in [0, 0.1) is 0 Å². The summed E-state index contributed by atoms with van der Waals surface area (Å²) in [5.74, 6) is 0. The Balaban J connectivity index is 0.00000231. The van der Waals surface area contributed by atoms with Gasteiger partial charge in [-0.25, -0.2) is 4.57 Å². The number of benzene rings is 3. The van der Waals surface area contributed by atoms with Gasteiger partial charge in [0.05, 0.1) is 23.4 Å². The Kier molecular flexibility index (Phi) is 6.32. The lowest BCUT2D eigenvalue weighted by molar-refractivity contribution is -0.654. The fourth-order valence-electron chi connectivity index (χ4n) is 3.61. The van der Waals surface area contributed by atoms with Crippen molar-refractivity contribution in [3.05, 3.63) is 94.9 Å². The maximum absolute atomic E-state index is 4.77. The van der Waals surface area contributed by atoms with E-state index in [-0.39, 0.29) is 12.4 Å². The molecule has 0 saturated heterocycles. The van der Waals surface area contributed by atoms with E-state index in [0.717, 1.165) is 42.5 Å². The monoisotopic (exact) mass is 508 g/mol. The van der Waals surface area contributed by atoms with Crippen LogP contribution in [0.3, 0.4) is 0 Å². The minimum absolute atomic E-state index is 0. The first-order valence-corrected chi connectivity index (χ1v) is 11.1. The highest BCUT2D eigenvalue weighted by atomic mass is 79.9. The Hall–Kier alpha value is -2.80. The number of para-hydroxylation sites is 2. The number of hydrogen-bond acceptors (Lipinski definition) is 3. The molecule has 0 aliphatic rings. The van der Waals surface area contributed by atoms with Crippen LogP contribution in [0.5, 0.6) is 0 Å². The second-order valence-electron chi connectivity index (χ2n) is 6.88. The highest BCUT2D eigenvalue weighted by Crippen LogP contribution is 2.42. The van der Waals surface area contributed by atoms with Crippen LogP contribution in [0.15, 0.2) is 105 Å². The topological polar surface area (TPSA) is 33.5 Å². The quantitative estimate of drug-likeness (QED) is 0.255. The number of fused-ring (bicyclic) bond motifs is 1. The Morgan fingerprint density at radius 3 is 2.16 bits per heavy atom. The maximum atomic E-state index is 4.77. The van der Waals surface area contributed by atoms with E-state index in [9.17, 15) is 0 Å². The van der Waals surface area contributed by atoms with E-state index >= 15 is 0 Å². The molecule has 0 bridgehead atoms. The van der Waals surface area contributed by atoms with Crippen molar-refractivity contribution in [3.63, 3.8) is 0 Å². The molecule has 154 valence electrons. The lowest BCUT2D eigenvalue weighted by Gasteiger charge is -2.11. The van der Waals surface area contributed by atoms with E-state index in [2.05, 4.69) is 92.3 Å². The van der Waals surface area contributed by atoms with Gasteiger partial charge in [-0.15, -0.1) is 0 Å². The number of azo groups is 1. The predicted molar refractivity (Wildman–Crippen MR) is 126 cm³/mol. The normalized spacial score (nSPS) is 11.2. The zero-order valence-corrected chi connectivity index (χ0v) is 19.8. The van der Waals surface area contributed by atoms with Gasteiger partial charge < -0.3 is 17.0 Å². The number of thiazole rings is 1. The van der Waals surface area contributed by atoms with E-state index in [4.69, 9.17) is 5.11 Å². The first-order chi connectivity index (χ1) is 14.7. The number of nitrogens with zero attached hydrogens (tertiary/aromatic N) is 4. The highest BCUT2D eigenvalue weighted by molar-refractivity contribution is 9.11. The van der Waals surface area contributed by atoms with Crippen molar-refractivity contribution in [1.29, 1.82) is 0 Å². The third-order valence-corrected chi connectivity index (χ3v) is 6.47. The van der Waals surface area contributed by atoms with Crippen molar-refractivity contribution in [1.82, 2.24) is 4.57 Å². The Morgan fingerprint density at radius 1 is 0.839 bits per heavy atom. The van der Waals surface area contributed by atoms with Crippen molar-refractivity contribution in [2.75, 3.05) is 0 Å². The van der Waals surface area contributed by atoms with Gasteiger partial charge in [0.15, 0.2) is 0 Å². The van der Waals surface area contributed by atoms with Crippen molar-refractivity contribution < 1.29 is 17.0 Å². The molecule has 2 heterocycles. The molecule has 0 unspecified atom stereocenters. The average Bonchev–Trinajstić information content (AvgIpc) is 3.29. The van der Waals surface area contributed by atoms with Gasteiger partial charge in [0.25, 0.3) is 0 Å². The molecule has 31 heavy (non-hydrogen) atoms. The van der Waals surface area contributed by atoms with Crippen LogP contribution >= 0.6 is 27.3 Å². The zero-order chi connectivity index (χ0) is 20.5. The fourth-order valence-corrected chi connectivity index (χ4v) is 5.01. The molecule has 5 rings (SSSR count). The summed E-state index contributed by atoms with van der Waals surface area (Å²) in [7, 11) is 1.97. The summed E-state index contributed by atoms with van der Waals surface area (Å²) in [6.07, 6.45) is 1.99. The molecular formula is C24H18BrClN4S. The molecule has 4 nitrogen and oxygen atoms in total. The SMILES string of the molecule is C[n+]1cc(Br)sc1N=Nc1c(-c2ccccc2)n(-c2ccccc2)c2ccccc12.[Cl-]. The van der Waals surface area contributed by atoms with Crippen molar-refractivity contribution >= 4 is 49.0 Å². The second kappa shape index (κ2) is 9.14. The minimum Gasteiger partial charge on any atom is -1.00 e. The van der Waals surface area contributed by atoms with Gasteiger partial charge in [0.2, 0.25) is 0 Å². The van der Waals surface area contributed by atoms with Gasteiger partial charge in [0.1, 0.15) is 15.7 Å². The molecule has 0 spiro atoms. The van der Waals surface area contributed by atoms with E-state index in [0.29, 0.717) is 0 Å². The van der Waals surface area contributed by atoms with Gasteiger partial charge in [-0.05, 0) is 50.6 Å². The lowest BCUT2D eigenvalue weighted by Crippen LogP contribution is -3.00. The number of aryl methyl sites for hydroxylation is 1. The van der Waals surface area contributed by atoms with E-state index in [1.165, 1.54) is 0 Å². The molecule has 0 N–H and O–H groups in total. The number of halogens is 2. The average molecular weight is 510 g/mol. The Labute approximate surface area is 199 Å². The Morgan fingerprint density at radius 2 is 1.48 bits per heavy atom. The van der Waals surface area contributed by atoms with Crippen LogP contribution in [0.1, 0.15) is 0 Å². The van der Waals surface area contributed by atoms with E-state index in [1.54, 1.807) is 11.3 Å². The first kappa shape index (κ1) is 21.4. The van der Waals surface area contributed by atoms with Crippen LogP contribution < -0.4 is 17.0 Å². The molecule has 7 heteroatoms. The number of hydrogen-bond donors (Lipinski definition) is 0. The highest BCUT2D eigenvalue weighted by Gasteiger charge is 2.22. The molecule has 0 saturated carbocycles. The minimum atomic E-state index is 0. The molecule has 3 aromatic carbocycles. The molecule has 0 amide bonds. The summed E-state index contributed by atoms with van der Waals surface area (Å²) in [6, 6.07) is 29.1. The summed E-state index contributed by atoms with van der Waals surface area (Å²) >= 11 is 5.08. The van der Waals surface area contributed by atoms with Crippen LogP contribution in [-0.2, 0) is 7.05 Å². The molecule has 0 aliphatic heterocycles. The zero-order valence-electron chi connectivity index (χ0n) is 16.6. The first-order valence-electron chi connectivity index (χ1n) is 9.53. The summed E-state index contributed by atoms with van der Waals surface area (Å²) in [5.41, 5.74) is 5.20. The van der Waals surface area contributed by atoms with Crippen LogP contribution in [0.25, 0.3) is 27.8 Å². The summed E-state index contributed by atoms with van der Waals surface area (Å²) < 4.78 is 5.26. The van der Waals surface area contributed by atoms with Crippen molar-refractivity contribution in [3.8, 4) is 16.9 Å². The molecular weight excluding hydrogens is 492 g/mol. The Bertz CT molecular complexity index is 1360. The van der Waals surface area contributed by atoms with E-state index < -0.39 is 0 Å². The molecule has 2 aromatic heterocycles. The lowest BCUT2D eigenvalue weighted by atomic mass is 10.1. The maximum Gasteiger partial charge on any atom is 0.409 e. The van der Waals surface area contributed by atoms with Crippen LogP contribution in [-0.4, -0.2) is 4.57 Å². The number of aromatic nitrogens is 2. The third-order valence-electron chi connectivity index (χ3n) is 4.93. The summed E-state index contributed by atoms with van der Waals surface area (Å²) in [4.78, 5) is 0. The standard InChI is InChI=1S/C24H18BrN4S.ClH/c1-28-16-21(25)30-24(28)27-26-22-19-14-8-9-15-20(19)29(18-12-6-3-7-13-18)23(22)17-10-4-2-5-11-17;/h2-16H,1H3;1H/q+1;/p-1. The van der Waals surface area contributed by atoms with Gasteiger partial charge in [-0.1, -0.05) is 66.7 Å². The summed E-state index contributed by atoms with van der Waals surface area (Å²) in [6.45, 7) is 0. The van der Waals surface area contributed by atoms with Gasteiger partial charge in [0, 0.05) is 16.6 Å². The smallest absolute Gasteiger partial charge is 0.409 e. The molecule has 0 aliphatic carbocycles. The molecule has 0 fully saturated rings. The largest absolute Gasteiger partial charge is 1.00 e. The van der Waals surface area contributed by atoms with Crippen molar-refractivity contribution in [2.24, 2.45) is 17.3 Å². The molecule has 0 radical (unpaired) electrons. The van der Waals surface area contributed by atoms with Crippen LogP contribution in [0.4, 0.5) is 10.8 Å². The molecule has 0 atom stereocenters.